The Hall–Kier alpha value is -2.15. The van der Waals surface area contributed by atoms with Gasteiger partial charge in [0.25, 0.3) is 0 Å². The number of halogens is 6. The van der Waals surface area contributed by atoms with Gasteiger partial charge in [0.2, 0.25) is 0 Å². The molecular weight excluding hydrogens is 417 g/mol. The fraction of sp³-hybridized carbons (Fsp3) is 0.133. The number of alkyl halides is 6. The van der Waals surface area contributed by atoms with Gasteiger partial charge in [-0.15, -0.1) is 0 Å². The van der Waals surface area contributed by atoms with Crippen LogP contribution >= 0.6 is 0 Å². The van der Waals surface area contributed by atoms with Crippen molar-refractivity contribution in [1.82, 2.24) is 0 Å². The molecule has 10 heteroatoms. The first-order chi connectivity index (χ1) is 11.4. The molecule has 0 saturated heterocycles. The fourth-order valence-corrected chi connectivity index (χ4v) is 2.36. The number of rotatable bonds is 3. The molecule has 0 amide bonds. The van der Waals surface area contributed by atoms with Crippen molar-refractivity contribution in [2.24, 2.45) is 0 Å². The van der Waals surface area contributed by atoms with Crippen molar-refractivity contribution in [3.8, 4) is 11.5 Å². The maximum absolute atomic E-state index is 12.8. The SMILES string of the molecule is O=C(O)c1cc(Oc2cc(C(F)(F)F)cc(C(F)(F)F)c2)ccc1[As]. The zero-order chi connectivity index (χ0) is 19.0. The van der Waals surface area contributed by atoms with Gasteiger partial charge < -0.3 is 0 Å². The van der Waals surface area contributed by atoms with E-state index in [9.17, 15) is 31.1 Å². The van der Waals surface area contributed by atoms with Crippen LogP contribution in [0.5, 0.6) is 11.5 Å². The minimum atomic E-state index is -5.00. The molecule has 0 unspecified atom stereocenters. The van der Waals surface area contributed by atoms with Crippen LogP contribution in [0.1, 0.15) is 21.5 Å². The molecule has 0 aromatic heterocycles. The molecule has 132 valence electrons. The number of hydrogen-bond donors (Lipinski definition) is 1. The summed E-state index contributed by atoms with van der Waals surface area (Å²) in [6.45, 7) is 0. The molecule has 0 spiro atoms. The average molecular weight is 424 g/mol. The first kappa shape index (κ1) is 19.2. The van der Waals surface area contributed by atoms with Crippen molar-refractivity contribution >= 4 is 27.2 Å². The van der Waals surface area contributed by atoms with E-state index in [4.69, 9.17) is 9.84 Å². The fourth-order valence-electron chi connectivity index (χ4n) is 1.87. The first-order valence-corrected chi connectivity index (χ1v) is 7.35. The number of carbonyl (C=O) groups is 1. The molecule has 2 aromatic carbocycles. The van der Waals surface area contributed by atoms with Gasteiger partial charge in [-0.05, 0) is 0 Å². The van der Waals surface area contributed by atoms with E-state index < -0.39 is 35.2 Å². The maximum atomic E-state index is 12.8. The third-order valence-electron chi connectivity index (χ3n) is 3.00. The summed E-state index contributed by atoms with van der Waals surface area (Å²) >= 11 is 1.98. The summed E-state index contributed by atoms with van der Waals surface area (Å²) in [4.78, 5) is 11.0. The third kappa shape index (κ3) is 4.69. The van der Waals surface area contributed by atoms with Gasteiger partial charge in [-0.2, -0.15) is 0 Å². The zero-order valence-electron chi connectivity index (χ0n) is 11.9. The summed E-state index contributed by atoms with van der Waals surface area (Å²) in [5, 5.41) is 8.99. The quantitative estimate of drug-likeness (QED) is 0.599. The number of ether oxygens (including phenoxy) is 1. The summed E-state index contributed by atoms with van der Waals surface area (Å²) in [5.41, 5.74) is -3.26. The summed E-state index contributed by atoms with van der Waals surface area (Å²) in [5.74, 6) is -2.24. The van der Waals surface area contributed by atoms with Crippen molar-refractivity contribution in [1.29, 1.82) is 0 Å². The number of carboxylic acid groups (broad SMARTS) is 1. The second kappa shape index (κ2) is 6.63. The van der Waals surface area contributed by atoms with Crippen molar-refractivity contribution in [2.45, 2.75) is 12.4 Å². The number of aromatic carboxylic acids is 1. The summed E-state index contributed by atoms with van der Waals surface area (Å²) < 4.78 is 82.1. The van der Waals surface area contributed by atoms with Gasteiger partial charge in [0.1, 0.15) is 0 Å². The second-order valence-electron chi connectivity index (χ2n) is 4.83. The molecule has 0 aliphatic rings. The Morgan fingerprint density at radius 1 is 0.880 bits per heavy atom. The molecule has 3 nitrogen and oxygen atoms in total. The predicted molar refractivity (Wildman–Crippen MR) is 75.3 cm³/mol. The van der Waals surface area contributed by atoms with Crippen LogP contribution in [0.15, 0.2) is 36.4 Å². The number of carboxylic acids is 1. The van der Waals surface area contributed by atoms with E-state index >= 15 is 0 Å². The van der Waals surface area contributed by atoms with Crippen molar-refractivity contribution in [2.75, 3.05) is 0 Å². The van der Waals surface area contributed by atoms with E-state index in [2.05, 4.69) is 0 Å². The zero-order valence-corrected chi connectivity index (χ0v) is 13.8. The Balaban J connectivity index is 2.49. The van der Waals surface area contributed by atoms with Gasteiger partial charge in [-0.1, -0.05) is 0 Å². The van der Waals surface area contributed by atoms with E-state index in [1.54, 1.807) is 0 Å². The van der Waals surface area contributed by atoms with Crippen LogP contribution in [-0.4, -0.2) is 27.9 Å². The van der Waals surface area contributed by atoms with Gasteiger partial charge in [0.05, 0.1) is 0 Å². The van der Waals surface area contributed by atoms with Gasteiger partial charge in [-0.3, -0.25) is 0 Å². The summed E-state index contributed by atoms with van der Waals surface area (Å²) in [6, 6.07) is 4.33. The van der Waals surface area contributed by atoms with Crippen LogP contribution in [0.3, 0.4) is 0 Å². The molecule has 0 saturated carbocycles. The molecule has 2 radical (unpaired) electrons. The molecule has 25 heavy (non-hydrogen) atoms. The molecule has 2 aromatic rings. The molecule has 0 atom stereocenters. The molecule has 1 N–H and O–H groups in total. The molecule has 0 aliphatic heterocycles. The topological polar surface area (TPSA) is 46.5 Å². The van der Waals surface area contributed by atoms with E-state index in [-0.39, 0.29) is 17.4 Å². The van der Waals surface area contributed by atoms with Crippen molar-refractivity contribution in [3.05, 3.63) is 53.1 Å². The molecule has 0 bridgehead atoms. The van der Waals surface area contributed by atoms with E-state index in [0.29, 0.717) is 16.5 Å². The third-order valence-corrected chi connectivity index (χ3v) is 3.81. The monoisotopic (exact) mass is 424 g/mol. The molecular formula is C15H7AsF6O3. The standard InChI is InChI=1S/C15H7AsF6O3/c16-12-2-1-9(6-11(12)13(23)24)25-10-4-7(14(17,18)19)3-8(5-10)15(20,21)22/h1-6H,(H,23,24). The Morgan fingerprint density at radius 3 is 1.84 bits per heavy atom. The van der Waals surface area contributed by atoms with E-state index in [0.717, 1.165) is 6.07 Å². The Labute approximate surface area is 145 Å². The van der Waals surface area contributed by atoms with Crippen LogP contribution in [0, 0.1) is 0 Å². The molecule has 0 fully saturated rings. The Morgan fingerprint density at radius 2 is 1.40 bits per heavy atom. The number of benzene rings is 2. The number of hydrogen-bond acceptors (Lipinski definition) is 2. The first-order valence-electron chi connectivity index (χ1n) is 6.41. The van der Waals surface area contributed by atoms with Crippen molar-refractivity contribution < 1.29 is 41.0 Å². The second-order valence-corrected chi connectivity index (χ2v) is 5.84. The van der Waals surface area contributed by atoms with Gasteiger partial charge >= 0.3 is 145 Å². The van der Waals surface area contributed by atoms with E-state index in [1.807, 2.05) is 16.9 Å². The minimum absolute atomic E-state index is 0.0256. The summed E-state index contributed by atoms with van der Waals surface area (Å²) in [6.07, 6.45) is -10.0. The molecule has 2 rings (SSSR count). The summed E-state index contributed by atoms with van der Waals surface area (Å²) in [7, 11) is 0. The van der Waals surface area contributed by atoms with Crippen LogP contribution in [-0.2, 0) is 12.4 Å². The predicted octanol–water partition coefficient (Wildman–Crippen LogP) is 4.01. The van der Waals surface area contributed by atoms with Crippen molar-refractivity contribution in [3.63, 3.8) is 0 Å². The van der Waals surface area contributed by atoms with Crippen LogP contribution in [0.2, 0.25) is 0 Å². The average Bonchev–Trinajstić information content (AvgIpc) is 2.47. The van der Waals surface area contributed by atoms with Gasteiger partial charge in [0.15, 0.2) is 0 Å². The van der Waals surface area contributed by atoms with Crippen LogP contribution in [0.4, 0.5) is 26.3 Å². The van der Waals surface area contributed by atoms with Crippen LogP contribution in [0.25, 0.3) is 0 Å². The Kier molecular flexibility index (Phi) is 5.09. The van der Waals surface area contributed by atoms with Crippen LogP contribution < -0.4 is 9.09 Å². The normalized spacial score (nSPS) is 12.1. The molecule has 0 heterocycles. The van der Waals surface area contributed by atoms with Gasteiger partial charge in [-0.25, -0.2) is 0 Å². The Bertz CT molecular complexity index is 782. The van der Waals surface area contributed by atoms with E-state index in [1.165, 1.54) is 12.1 Å². The molecule has 0 aliphatic carbocycles. The van der Waals surface area contributed by atoms with Gasteiger partial charge in [0, 0.05) is 0 Å².